The number of nitrogens with one attached hydrogen (secondary N) is 1. The second kappa shape index (κ2) is 7.42. The van der Waals surface area contributed by atoms with Gasteiger partial charge in [0.15, 0.2) is 5.69 Å². The molecular weight excluding hydrogens is 284 g/mol. The van der Waals surface area contributed by atoms with E-state index in [9.17, 15) is 14.7 Å². The highest BCUT2D eigenvalue weighted by atomic mass is 16.5. The van der Waals surface area contributed by atoms with Gasteiger partial charge in [0, 0.05) is 18.0 Å². The molecule has 0 spiro atoms. The van der Waals surface area contributed by atoms with E-state index >= 15 is 0 Å². The summed E-state index contributed by atoms with van der Waals surface area (Å²) in [7, 11) is 0. The maximum absolute atomic E-state index is 12.3. The molecule has 0 aromatic carbocycles. The van der Waals surface area contributed by atoms with Gasteiger partial charge in [-0.05, 0) is 12.8 Å². The lowest BCUT2D eigenvalue weighted by molar-refractivity contribution is -0.143. The number of aromatic nitrogens is 1. The number of hydrogen-bond donors (Lipinski definition) is 2. The molecule has 6 nitrogen and oxygen atoms in total. The number of carbonyl (C=O) groups is 2. The molecule has 0 radical (unpaired) electrons. The van der Waals surface area contributed by atoms with Crippen molar-refractivity contribution in [3.8, 4) is 0 Å². The number of nitrogens with zero attached hydrogens (tertiary/aromatic N) is 1. The second-order valence-electron chi connectivity index (χ2n) is 6.29. The first kappa shape index (κ1) is 16.5. The van der Waals surface area contributed by atoms with Crippen molar-refractivity contribution in [2.24, 2.45) is 5.92 Å². The summed E-state index contributed by atoms with van der Waals surface area (Å²) in [6.45, 7) is 3.91. The van der Waals surface area contributed by atoms with Crippen LogP contribution in [0, 0.1) is 5.92 Å². The fourth-order valence-electron chi connectivity index (χ4n) is 2.86. The zero-order valence-corrected chi connectivity index (χ0v) is 13.2. The number of carbonyl (C=O) groups excluding carboxylic acids is 1. The van der Waals surface area contributed by atoms with Gasteiger partial charge in [0.25, 0.3) is 5.91 Å². The minimum absolute atomic E-state index is 0.155. The SMILES string of the molecule is CC(C)c1cc(C(=O)NC2CCCCCCC2C(=O)O)no1. The minimum atomic E-state index is -0.838. The number of rotatable bonds is 4. The summed E-state index contributed by atoms with van der Waals surface area (Å²) in [4.78, 5) is 23.7. The summed E-state index contributed by atoms with van der Waals surface area (Å²) in [6, 6.07) is 1.28. The molecule has 1 aliphatic rings. The first-order valence-corrected chi connectivity index (χ1v) is 7.99. The van der Waals surface area contributed by atoms with Gasteiger partial charge >= 0.3 is 5.97 Å². The summed E-state index contributed by atoms with van der Waals surface area (Å²) < 4.78 is 5.13. The van der Waals surface area contributed by atoms with Gasteiger partial charge in [0.2, 0.25) is 0 Å². The summed E-state index contributed by atoms with van der Waals surface area (Å²) in [5.74, 6) is -0.914. The normalized spacial score (nSPS) is 22.9. The summed E-state index contributed by atoms with van der Waals surface area (Å²) in [5, 5.41) is 16.0. The molecule has 2 rings (SSSR count). The van der Waals surface area contributed by atoms with Gasteiger partial charge < -0.3 is 14.9 Å². The van der Waals surface area contributed by atoms with Crippen molar-refractivity contribution in [3.63, 3.8) is 0 Å². The number of amides is 1. The van der Waals surface area contributed by atoms with E-state index in [0.717, 1.165) is 25.7 Å². The Kier molecular flexibility index (Phi) is 5.57. The average Bonchev–Trinajstić information content (AvgIpc) is 2.91. The van der Waals surface area contributed by atoms with Crippen molar-refractivity contribution in [1.82, 2.24) is 10.5 Å². The lowest BCUT2D eigenvalue weighted by Crippen LogP contribution is -2.44. The van der Waals surface area contributed by atoms with Gasteiger partial charge in [0.1, 0.15) is 5.76 Å². The van der Waals surface area contributed by atoms with Crippen molar-refractivity contribution in [2.75, 3.05) is 0 Å². The van der Waals surface area contributed by atoms with Crippen LogP contribution < -0.4 is 5.32 Å². The van der Waals surface area contributed by atoms with Crippen LogP contribution in [-0.4, -0.2) is 28.2 Å². The molecule has 1 aromatic rings. The number of hydrogen-bond acceptors (Lipinski definition) is 4. The fourth-order valence-corrected chi connectivity index (χ4v) is 2.86. The summed E-state index contributed by atoms with van der Waals surface area (Å²) in [6.07, 6.45) is 5.27. The molecule has 1 saturated carbocycles. The second-order valence-corrected chi connectivity index (χ2v) is 6.29. The van der Waals surface area contributed by atoms with Crippen molar-refractivity contribution in [2.45, 2.75) is 64.3 Å². The lowest BCUT2D eigenvalue weighted by atomic mass is 9.86. The molecule has 122 valence electrons. The van der Waals surface area contributed by atoms with Crippen LogP contribution in [0.5, 0.6) is 0 Å². The number of carboxylic acids is 1. The Morgan fingerprint density at radius 2 is 1.95 bits per heavy atom. The van der Waals surface area contributed by atoms with Crippen LogP contribution >= 0.6 is 0 Å². The molecule has 2 unspecified atom stereocenters. The third kappa shape index (κ3) is 4.08. The van der Waals surface area contributed by atoms with Crippen LogP contribution in [0.1, 0.15) is 74.5 Å². The van der Waals surface area contributed by atoms with E-state index in [1.54, 1.807) is 6.07 Å². The van der Waals surface area contributed by atoms with Crippen molar-refractivity contribution in [3.05, 3.63) is 17.5 Å². The van der Waals surface area contributed by atoms with Crippen LogP contribution in [0.15, 0.2) is 10.6 Å². The fraction of sp³-hybridized carbons (Fsp3) is 0.688. The molecule has 1 heterocycles. The van der Waals surface area contributed by atoms with Gasteiger partial charge in [-0.1, -0.05) is 44.7 Å². The monoisotopic (exact) mass is 308 g/mol. The van der Waals surface area contributed by atoms with E-state index in [1.807, 2.05) is 13.8 Å². The Hall–Kier alpha value is -1.85. The molecule has 0 saturated heterocycles. The number of aliphatic carboxylic acids is 1. The molecular formula is C16H24N2O4. The highest BCUT2D eigenvalue weighted by Crippen LogP contribution is 2.24. The summed E-state index contributed by atoms with van der Waals surface area (Å²) in [5.41, 5.74) is 0.217. The smallest absolute Gasteiger partial charge is 0.308 e. The molecule has 1 aromatic heterocycles. The van der Waals surface area contributed by atoms with Gasteiger partial charge in [0.05, 0.1) is 5.92 Å². The third-order valence-corrected chi connectivity index (χ3v) is 4.23. The molecule has 2 atom stereocenters. The van der Waals surface area contributed by atoms with Crippen LogP contribution in [0.2, 0.25) is 0 Å². The van der Waals surface area contributed by atoms with E-state index in [0.29, 0.717) is 18.6 Å². The Morgan fingerprint density at radius 1 is 1.27 bits per heavy atom. The average molecular weight is 308 g/mol. The van der Waals surface area contributed by atoms with Crippen LogP contribution in [0.25, 0.3) is 0 Å². The third-order valence-electron chi connectivity index (χ3n) is 4.23. The first-order chi connectivity index (χ1) is 10.5. The predicted octanol–water partition coefficient (Wildman–Crippen LogP) is 2.95. The Bertz CT molecular complexity index is 524. The molecule has 0 bridgehead atoms. The van der Waals surface area contributed by atoms with Crippen LogP contribution in [0.3, 0.4) is 0 Å². The van der Waals surface area contributed by atoms with Crippen LogP contribution in [0.4, 0.5) is 0 Å². The zero-order valence-electron chi connectivity index (χ0n) is 13.2. The standard InChI is InChI=1S/C16H24N2O4/c1-10(2)14-9-13(18-22-14)15(19)17-12-8-6-4-3-5-7-11(12)16(20)21/h9-12H,3-8H2,1-2H3,(H,17,19)(H,20,21). The van der Waals surface area contributed by atoms with E-state index in [4.69, 9.17) is 4.52 Å². The molecule has 6 heteroatoms. The zero-order chi connectivity index (χ0) is 16.1. The molecule has 0 aliphatic heterocycles. The molecule has 22 heavy (non-hydrogen) atoms. The lowest BCUT2D eigenvalue weighted by Gasteiger charge is -2.26. The van der Waals surface area contributed by atoms with Gasteiger partial charge in [-0.3, -0.25) is 9.59 Å². The van der Waals surface area contributed by atoms with E-state index < -0.39 is 11.9 Å². The Morgan fingerprint density at radius 3 is 2.55 bits per heavy atom. The quantitative estimate of drug-likeness (QED) is 0.892. The number of carboxylic acid groups (broad SMARTS) is 1. The van der Waals surface area contributed by atoms with E-state index in [2.05, 4.69) is 10.5 Å². The Labute approximate surface area is 130 Å². The van der Waals surface area contributed by atoms with Gasteiger partial charge in [-0.15, -0.1) is 0 Å². The highest BCUT2D eigenvalue weighted by Gasteiger charge is 2.30. The Balaban J connectivity index is 2.06. The van der Waals surface area contributed by atoms with Gasteiger partial charge in [-0.25, -0.2) is 0 Å². The largest absolute Gasteiger partial charge is 0.481 e. The molecule has 2 N–H and O–H groups in total. The molecule has 1 fully saturated rings. The van der Waals surface area contributed by atoms with Crippen molar-refractivity contribution < 1.29 is 19.2 Å². The minimum Gasteiger partial charge on any atom is -0.481 e. The first-order valence-electron chi connectivity index (χ1n) is 7.99. The maximum atomic E-state index is 12.3. The van der Waals surface area contributed by atoms with Crippen LogP contribution in [-0.2, 0) is 4.79 Å². The van der Waals surface area contributed by atoms with Gasteiger partial charge in [-0.2, -0.15) is 0 Å². The summed E-state index contributed by atoms with van der Waals surface area (Å²) >= 11 is 0. The topological polar surface area (TPSA) is 92.4 Å². The molecule has 1 aliphatic carbocycles. The van der Waals surface area contributed by atoms with E-state index in [1.165, 1.54) is 0 Å². The predicted molar refractivity (Wildman–Crippen MR) is 80.7 cm³/mol. The van der Waals surface area contributed by atoms with E-state index in [-0.39, 0.29) is 23.6 Å². The highest BCUT2D eigenvalue weighted by molar-refractivity contribution is 5.92. The maximum Gasteiger partial charge on any atom is 0.308 e. The van der Waals surface area contributed by atoms with Crippen molar-refractivity contribution in [1.29, 1.82) is 0 Å². The molecule has 1 amide bonds. The van der Waals surface area contributed by atoms with Crippen molar-refractivity contribution >= 4 is 11.9 Å².